The van der Waals surface area contributed by atoms with Gasteiger partial charge >= 0.3 is 18.7 Å². The van der Waals surface area contributed by atoms with Gasteiger partial charge in [-0.05, 0) is 24.1 Å². The molecule has 0 radical (unpaired) electrons. The van der Waals surface area contributed by atoms with Crippen molar-refractivity contribution < 1.29 is 35.5 Å². The van der Waals surface area contributed by atoms with Crippen molar-refractivity contribution in [2.45, 2.75) is 37.6 Å². The lowest BCUT2D eigenvalue weighted by molar-refractivity contribution is -0.253. The number of benzene rings is 1. The predicted molar refractivity (Wildman–Crippen MR) is 95.0 cm³/mol. The second-order valence-corrected chi connectivity index (χ2v) is 5.99. The third-order valence-electron chi connectivity index (χ3n) is 4.04. The maximum atomic E-state index is 13.1. The molecule has 2 rings (SSSR count). The monoisotopic (exact) mass is 460 g/mol. The Morgan fingerprint density at radius 3 is 2.18 bits per heavy atom. The van der Waals surface area contributed by atoms with Crippen LogP contribution in [0.15, 0.2) is 24.3 Å². The Kier molecular flexibility index (Phi) is 10.9. The first-order valence-electron chi connectivity index (χ1n) is 8.05. The van der Waals surface area contributed by atoms with Crippen LogP contribution in [0.3, 0.4) is 0 Å². The number of hydrogen-bond acceptors (Lipinski definition) is 3. The fourth-order valence-corrected chi connectivity index (χ4v) is 2.84. The van der Waals surface area contributed by atoms with Crippen molar-refractivity contribution in [1.82, 2.24) is 10.2 Å². The zero-order valence-electron chi connectivity index (χ0n) is 14.5. The fourth-order valence-electron chi connectivity index (χ4n) is 2.84. The van der Waals surface area contributed by atoms with E-state index in [2.05, 4.69) is 10.1 Å². The standard InChI is InChI=1S/C16H19F7N2O.2ClH/c17-14(18)16(22,23)26-12-3-1-2-11(10-12)13(4-5-15(19,20)21)25-8-6-24-7-9-25;;/h1-3,10,13-14,24H,4-9H2;2*1H/t13-;;/m1../s1. The summed E-state index contributed by atoms with van der Waals surface area (Å²) in [7, 11) is 0. The number of piperazine rings is 1. The number of halogens is 9. The van der Waals surface area contributed by atoms with Crippen molar-refractivity contribution in [3.63, 3.8) is 0 Å². The van der Waals surface area contributed by atoms with Gasteiger partial charge in [0, 0.05) is 38.6 Å². The van der Waals surface area contributed by atoms with Gasteiger partial charge in [-0.1, -0.05) is 12.1 Å². The van der Waals surface area contributed by atoms with Crippen LogP contribution >= 0.6 is 24.8 Å². The minimum absolute atomic E-state index is 0. The summed E-state index contributed by atoms with van der Waals surface area (Å²) in [6, 6.07) is 4.27. The van der Waals surface area contributed by atoms with Gasteiger partial charge in [-0.25, -0.2) is 0 Å². The molecule has 12 heteroatoms. The van der Waals surface area contributed by atoms with Crippen molar-refractivity contribution >= 4 is 24.8 Å². The Hall–Kier alpha value is -0.970. The van der Waals surface area contributed by atoms with Gasteiger partial charge in [0.05, 0.1) is 0 Å². The van der Waals surface area contributed by atoms with Crippen molar-refractivity contribution in [2.24, 2.45) is 0 Å². The second kappa shape index (κ2) is 11.3. The van der Waals surface area contributed by atoms with Crippen molar-refractivity contribution in [1.29, 1.82) is 0 Å². The van der Waals surface area contributed by atoms with Gasteiger partial charge in [0.1, 0.15) is 5.75 Å². The molecule has 0 unspecified atom stereocenters. The van der Waals surface area contributed by atoms with E-state index in [1.54, 1.807) is 0 Å². The highest BCUT2D eigenvalue weighted by Crippen LogP contribution is 2.34. The Balaban J connectivity index is 0.00000364. The minimum Gasteiger partial charge on any atom is -0.428 e. The second-order valence-electron chi connectivity index (χ2n) is 5.99. The number of alkyl halides is 7. The lowest BCUT2D eigenvalue weighted by atomic mass is 9.99. The third-order valence-corrected chi connectivity index (χ3v) is 4.04. The van der Waals surface area contributed by atoms with Crippen molar-refractivity contribution in [3.8, 4) is 5.75 Å². The molecule has 1 aliphatic rings. The van der Waals surface area contributed by atoms with Crippen LogP contribution in [0.1, 0.15) is 24.4 Å². The summed E-state index contributed by atoms with van der Waals surface area (Å²) in [5.74, 6) is -0.514. The van der Waals surface area contributed by atoms with E-state index in [1.807, 2.05) is 4.90 Å². The van der Waals surface area contributed by atoms with E-state index in [0.29, 0.717) is 31.7 Å². The molecule has 164 valence electrons. The summed E-state index contributed by atoms with van der Waals surface area (Å²) >= 11 is 0. The number of nitrogens with one attached hydrogen (secondary N) is 1. The zero-order chi connectivity index (χ0) is 19.4. The normalized spacial score (nSPS) is 16.9. The van der Waals surface area contributed by atoms with Crippen LogP contribution < -0.4 is 10.1 Å². The molecule has 1 saturated heterocycles. The maximum Gasteiger partial charge on any atom is 0.461 e. The summed E-state index contributed by atoms with van der Waals surface area (Å²) in [5.41, 5.74) is 0.318. The molecule has 3 nitrogen and oxygen atoms in total. The van der Waals surface area contributed by atoms with E-state index in [9.17, 15) is 30.7 Å². The molecule has 0 aromatic heterocycles. The summed E-state index contributed by atoms with van der Waals surface area (Å²) in [6.45, 7) is 2.14. The molecule has 0 spiro atoms. The van der Waals surface area contributed by atoms with E-state index in [1.165, 1.54) is 12.1 Å². The molecule has 1 heterocycles. The molecule has 1 atom stereocenters. The molecule has 0 aliphatic carbocycles. The van der Waals surface area contributed by atoms with Crippen LogP contribution in [0.4, 0.5) is 30.7 Å². The van der Waals surface area contributed by atoms with Gasteiger partial charge in [0.2, 0.25) is 0 Å². The van der Waals surface area contributed by atoms with Gasteiger partial charge in [0.25, 0.3) is 0 Å². The van der Waals surface area contributed by atoms with Gasteiger partial charge in [-0.3, -0.25) is 4.90 Å². The first-order chi connectivity index (χ1) is 12.1. The van der Waals surface area contributed by atoms with Crippen LogP contribution in [0, 0.1) is 0 Å². The number of nitrogens with zero attached hydrogens (tertiary/aromatic N) is 1. The molecule has 0 bridgehead atoms. The Bertz CT molecular complexity index is 584. The van der Waals surface area contributed by atoms with Crippen LogP contribution in [-0.4, -0.2) is 49.8 Å². The smallest absolute Gasteiger partial charge is 0.428 e. The molecule has 28 heavy (non-hydrogen) atoms. The first-order valence-corrected chi connectivity index (χ1v) is 8.05. The largest absolute Gasteiger partial charge is 0.461 e. The zero-order valence-corrected chi connectivity index (χ0v) is 16.2. The quantitative estimate of drug-likeness (QED) is 0.575. The molecule has 0 amide bonds. The predicted octanol–water partition coefficient (Wildman–Crippen LogP) is 5.06. The summed E-state index contributed by atoms with van der Waals surface area (Å²) < 4.78 is 92.7. The summed E-state index contributed by atoms with van der Waals surface area (Å²) in [6.07, 6.45) is -14.4. The van der Waals surface area contributed by atoms with E-state index in [4.69, 9.17) is 0 Å². The SMILES string of the molecule is Cl.Cl.FC(F)C(F)(F)Oc1cccc([C@@H](CCC(F)(F)F)N2CCNCC2)c1. The van der Waals surface area contributed by atoms with Crippen LogP contribution in [0.2, 0.25) is 0 Å². The molecular formula is C16H21Cl2F7N2O. The van der Waals surface area contributed by atoms with Crippen LogP contribution in [-0.2, 0) is 0 Å². The topological polar surface area (TPSA) is 24.5 Å². The number of rotatable bonds is 7. The van der Waals surface area contributed by atoms with E-state index in [0.717, 1.165) is 12.1 Å². The highest BCUT2D eigenvalue weighted by molar-refractivity contribution is 5.85. The molecule has 1 N–H and O–H groups in total. The van der Waals surface area contributed by atoms with E-state index < -0.39 is 36.9 Å². The number of hydrogen-bond donors (Lipinski definition) is 1. The van der Waals surface area contributed by atoms with Gasteiger partial charge in [0.15, 0.2) is 0 Å². The fraction of sp³-hybridized carbons (Fsp3) is 0.625. The molecule has 1 aromatic carbocycles. The van der Waals surface area contributed by atoms with Gasteiger partial charge < -0.3 is 10.1 Å². The number of ether oxygens (including phenoxy) is 1. The van der Waals surface area contributed by atoms with Gasteiger partial charge in [-0.2, -0.15) is 30.7 Å². The highest BCUT2D eigenvalue weighted by atomic mass is 35.5. The average Bonchev–Trinajstić information content (AvgIpc) is 2.55. The molecule has 0 saturated carbocycles. The van der Waals surface area contributed by atoms with E-state index in [-0.39, 0.29) is 31.2 Å². The lowest BCUT2D eigenvalue weighted by Crippen LogP contribution is -2.45. The highest BCUT2D eigenvalue weighted by Gasteiger charge is 2.44. The third kappa shape index (κ3) is 8.18. The van der Waals surface area contributed by atoms with Gasteiger partial charge in [-0.15, -0.1) is 24.8 Å². The lowest BCUT2D eigenvalue weighted by Gasteiger charge is -2.35. The Labute approximate surface area is 170 Å². The molecule has 1 aliphatic heterocycles. The van der Waals surface area contributed by atoms with Crippen molar-refractivity contribution in [3.05, 3.63) is 29.8 Å². The maximum absolute atomic E-state index is 13.1. The Morgan fingerprint density at radius 2 is 1.64 bits per heavy atom. The molecular weight excluding hydrogens is 440 g/mol. The van der Waals surface area contributed by atoms with Crippen molar-refractivity contribution in [2.75, 3.05) is 26.2 Å². The first kappa shape index (κ1) is 27.0. The molecule has 1 aromatic rings. The molecule has 1 fully saturated rings. The van der Waals surface area contributed by atoms with Crippen LogP contribution in [0.5, 0.6) is 5.75 Å². The van der Waals surface area contributed by atoms with E-state index >= 15 is 0 Å². The Morgan fingerprint density at radius 1 is 1.04 bits per heavy atom. The summed E-state index contributed by atoms with van der Waals surface area (Å²) in [4.78, 5) is 1.81. The van der Waals surface area contributed by atoms with Crippen LogP contribution in [0.25, 0.3) is 0 Å². The average molecular weight is 461 g/mol. The summed E-state index contributed by atoms with van der Waals surface area (Å²) in [5, 5.41) is 3.08. The minimum atomic E-state index is -4.67.